The Morgan fingerprint density at radius 3 is 2.73 bits per heavy atom. The van der Waals surface area contributed by atoms with Crippen LogP contribution in [-0.4, -0.2) is 18.5 Å². The van der Waals surface area contributed by atoms with Crippen LogP contribution < -0.4 is 0 Å². The Balaban J connectivity index is 2.00. The van der Waals surface area contributed by atoms with Crippen LogP contribution in [0.2, 0.25) is 0 Å². The average Bonchev–Trinajstić information content (AvgIpc) is 2.37. The molecule has 0 aromatic rings. The highest BCUT2D eigenvalue weighted by Crippen LogP contribution is 2.37. The highest BCUT2D eigenvalue weighted by atomic mass is 16.7. The third-order valence-electron chi connectivity index (χ3n) is 2.65. The third kappa shape index (κ3) is 1.42. The summed E-state index contributed by atoms with van der Waals surface area (Å²) in [5.41, 5.74) is 0. The molecule has 2 heterocycles. The molecule has 2 atom stereocenters. The van der Waals surface area contributed by atoms with Gasteiger partial charge in [0.05, 0.1) is 12.7 Å². The fourth-order valence-electron chi connectivity index (χ4n) is 2.11. The Morgan fingerprint density at radius 2 is 2.09 bits per heavy atom. The topological polar surface area (TPSA) is 18.5 Å². The van der Waals surface area contributed by atoms with Gasteiger partial charge in [-0.1, -0.05) is 0 Å². The van der Waals surface area contributed by atoms with E-state index in [9.17, 15) is 0 Å². The SMILES string of the molecule is C[C@H]1CCC[C@]2(CCCO2)O1. The second-order valence-electron chi connectivity index (χ2n) is 3.68. The Labute approximate surface area is 67.9 Å². The van der Waals surface area contributed by atoms with Crippen LogP contribution in [0.25, 0.3) is 0 Å². The van der Waals surface area contributed by atoms with E-state index in [-0.39, 0.29) is 5.79 Å². The van der Waals surface area contributed by atoms with Crippen LogP contribution in [0, 0.1) is 0 Å². The van der Waals surface area contributed by atoms with E-state index >= 15 is 0 Å². The van der Waals surface area contributed by atoms with Crippen molar-refractivity contribution in [1.29, 1.82) is 0 Å². The van der Waals surface area contributed by atoms with Crippen LogP contribution in [0.1, 0.15) is 39.0 Å². The molecule has 2 aliphatic rings. The zero-order valence-electron chi connectivity index (χ0n) is 7.14. The molecule has 0 bridgehead atoms. The lowest BCUT2D eigenvalue weighted by Crippen LogP contribution is -2.38. The van der Waals surface area contributed by atoms with Gasteiger partial charge in [-0.3, -0.25) is 0 Å². The zero-order chi connectivity index (χ0) is 7.73. The fraction of sp³-hybridized carbons (Fsp3) is 1.00. The minimum Gasteiger partial charge on any atom is -0.350 e. The molecular formula is C9H16O2. The summed E-state index contributed by atoms with van der Waals surface area (Å²) in [7, 11) is 0. The van der Waals surface area contributed by atoms with E-state index in [1.807, 2.05) is 0 Å². The molecule has 64 valence electrons. The molecular weight excluding hydrogens is 140 g/mol. The molecule has 2 saturated heterocycles. The second kappa shape index (κ2) is 2.76. The van der Waals surface area contributed by atoms with Gasteiger partial charge >= 0.3 is 0 Å². The van der Waals surface area contributed by atoms with Gasteiger partial charge in [-0.05, 0) is 26.2 Å². The van der Waals surface area contributed by atoms with Gasteiger partial charge in [0, 0.05) is 12.8 Å². The molecule has 2 heteroatoms. The minimum absolute atomic E-state index is 0.155. The van der Waals surface area contributed by atoms with Crippen LogP contribution >= 0.6 is 0 Å². The molecule has 0 amide bonds. The summed E-state index contributed by atoms with van der Waals surface area (Å²) in [6, 6.07) is 0. The molecule has 0 saturated carbocycles. The maximum Gasteiger partial charge on any atom is 0.168 e. The van der Waals surface area contributed by atoms with E-state index in [4.69, 9.17) is 9.47 Å². The van der Waals surface area contributed by atoms with Crippen LogP contribution in [0.15, 0.2) is 0 Å². The van der Waals surface area contributed by atoms with Crippen molar-refractivity contribution in [2.45, 2.75) is 50.9 Å². The Morgan fingerprint density at radius 1 is 1.27 bits per heavy atom. The number of ether oxygens (including phenoxy) is 2. The molecule has 0 radical (unpaired) electrons. The van der Waals surface area contributed by atoms with Gasteiger partial charge < -0.3 is 9.47 Å². The first-order valence-electron chi connectivity index (χ1n) is 4.63. The van der Waals surface area contributed by atoms with E-state index in [1.165, 1.54) is 19.3 Å². The van der Waals surface area contributed by atoms with E-state index in [2.05, 4.69) is 6.92 Å². The molecule has 2 fully saturated rings. The Bertz CT molecular complexity index is 138. The smallest absolute Gasteiger partial charge is 0.168 e. The molecule has 2 aliphatic heterocycles. The van der Waals surface area contributed by atoms with Crippen molar-refractivity contribution in [3.8, 4) is 0 Å². The van der Waals surface area contributed by atoms with Crippen molar-refractivity contribution in [3.63, 3.8) is 0 Å². The van der Waals surface area contributed by atoms with Gasteiger partial charge in [-0.25, -0.2) is 0 Å². The van der Waals surface area contributed by atoms with Crippen LogP contribution in [0.3, 0.4) is 0 Å². The standard InChI is InChI=1S/C9H16O2/c1-8-4-2-5-9(11-8)6-3-7-10-9/h8H,2-7H2,1H3/t8-,9+/m0/s1. The summed E-state index contributed by atoms with van der Waals surface area (Å²) in [6.07, 6.45) is 6.26. The molecule has 0 aromatic carbocycles. The molecule has 0 N–H and O–H groups in total. The van der Waals surface area contributed by atoms with Crippen molar-refractivity contribution in [2.24, 2.45) is 0 Å². The van der Waals surface area contributed by atoms with Gasteiger partial charge in [0.2, 0.25) is 0 Å². The maximum atomic E-state index is 5.81. The van der Waals surface area contributed by atoms with Crippen molar-refractivity contribution < 1.29 is 9.47 Å². The number of hydrogen-bond acceptors (Lipinski definition) is 2. The minimum atomic E-state index is -0.155. The lowest BCUT2D eigenvalue weighted by molar-refractivity contribution is -0.253. The molecule has 1 spiro atoms. The molecule has 2 nitrogen and oxygen atoms in total. The molecule has 2 rings (SSSR count). The van der Waals surface area contributed by atoms with Gasteiger partial charge in [0.1, 0.15) is 0 Å². The number of rotatable bonds is 0. The summed E-state index contributed by atoms with van der Waals surface area (Å²) in [4.78, 5) is 0. The molecule has 0 aromatic heterocycles. The summed E-state index contributed by atoms with van der Waals surface area (Å²) in [6.45, 7) is 3.04. The normalized spacial score (nSPS) is 45.0. The van der Waals surface area contributed by atoms with Crippen LogP contribution in [0.4, 0.5) is 0 Å². The first-order valence-corrected chi connectivity index (χ1v) is 4.63. The molecule has 0 aliphatic carbocycles. The van der Waals surface area contributed by atoms with Crippen molar-refractivity contribution in [2.75, 3.05) is 6.61 Å². The van der Waals surface area contributed by atoms with E-state index < -0.39 is 0 Å². The Kier molecular flexibility index (Phi) is 1.90. The summed E-state index contributed by atoms with van der Waals surface area (Å²) in [5.74, 6) is -0.155. The highest BCUT2D eigenvalue weighted by Gasteiger charge is 2.39. The molecule has 0 unspecified atom stereocenters. The summed E-state index contributed by atoms with van der Waals surface area (Å²) in [5, 5.41) is 0. The van der Waals surface area contributed by atoms with Crippen LogP contribution in [0.5, 0.6) is 0 Å². The van der Waals surface area contributed by atoms with E-state index in [0.717, 1.165) is 19.4 Å². The van der Waals surface area contributed by atoms with Gasteiger partial charge in [0.25, 0.3) is 0 Å². The third-order valence-corrected chi connectivity index (χ3v) is 2.65. The first kappa shape index (κ1) is 7.56. The lowest BCUT2D eigenvalue weighted by atomic mass is 10.00. The fourth-order valence-corrected chi connectivity index (χ4v) is 2.11. The zero-order valence-corrected chi connectivity index (χ0v) is 7.14. The van der Waals surface area contributed by atoms with Gasteiger partial charge in [0.15, 0.2) is 5.79 Å². The van der Waals surface area contributed by atoms with Crippen molar-refractivity contribution >= 4 is 0 Å². The van der Waals surface area contributed by atoms with Crippen LogP contribution in [-0.2, 0) is 9.47 Å². The number of hydrogen-bond donors (Lipinski definition) is 0. The predicted molar refractivity (Wildman–Crippen MR) is 42.3 cm³/mol. The second-order valence-corrected chi connectivity index (χ2v) is 3.68. The maximum absolute atomic E-state index is 5.81. The van der Waals surface area contributed by atoms with Gasteiger partial charge in [-0.2, -0.15) is 0 Å². The first-order chi connectivity index (χ1) is 5.31. The van der Waals surface area contributed by atoms with Crippen molar-refractivity contribution in [3.05, 3.63) is 0 Å². The lowest BCUT2D eigenvalue weighted by Gasteiger charge is -2.36. The van der Waals surface area contributed by atoms with Gasteiger partial charge in [-0.15, -0.1) is 0 Å². The van der Waals surface area contributed by atoms with Crippen molar-refractivity contribution in [1.82, 2.24) is 0 Å². The van der Waals surface area contributed by atoms with E-state index in [0.29, 0.717) is 6.10 Å². The molecule has 11 heavy (non-hydrogen) atoms. The quantitative estimate of drug-likeness (QED) is 0.534. The largest absolute Gasteiger partial charge is 0.350 e. The monoisotopic (exact) mass is 156 g/mol. The average molecular weight is 156 g/mol. The Hall–Kier alpha value is -0.0800. The highest BCUT2D eigenvalue weighted by molar-refractivity contribution is 4.80. The predicted octanol–water partition coefficient (Wildman–Crippen LogP) is 2.08. The summed E-state index contributed by atoms with van der Waals surface area (Å²) < 4.78 is 11.4. The van der Waals surface area contributed by atoms with E-state index in [1.54, 1.807) is 0 Å². The summed E-state index contributed by atoms with van der Waals surface area (Å²) >= 11 is 0.